The number of aromatic nitrogens is 2. The van der Waals surface area contributed by atoms with Crippen molar-refractivity contribution in [2.45, 2.75) is 13.8 Å². The molecule has 6 heteroatoms. The van der Waals surface area contributed by atoms with Crippen LogP contribution in [0.25, 0.3) is 0 Å². The van der Waals surface area contributed by atoms with Crippen LogP contribution in [-0.2, 0) is 0 Å². The van der Waals surface area contributed by atoms with E-state index in [1.807, 2.05) is 32.0 Å². The molecule has 0 atom stereocenters. The number of nitrogen functional groups attached to an aromatic ring is 1. The fourth-order valence-electron chi connectivity index (χ4n) is 1.72. The second-order valence-electron chi connectivity index (χ2n) is 3.98. The van der Waals surface area contributed by atoms with Gasteiger partial charge in [0.2, 0.25) is 0 Å². The molecular formula is C14H18N4O2. The molecule has 20 heavy (non-hydrogen) atoms. The molecule has 1 heterocycles. The molecule has 0 saturated carbocycles. The maximum Gasteiger partial charge on any atom is 0.151 e. The van der Waals surface area contributed by atoms with Crippen LogP contribution >= 0.6 is 0 Å². The summed E-state index contributed by atoms with van der Waals surface area (Å²) in [5.74, 6) is 2.39. The van der Waals surface area contributed by atoms with E-state index in [1.165, 1.54) is 6.20 Å². The molecule has 0 aliphatic carbocycles. The number of hydrogen-bond donors (Lipinski definition) is 2. The van der Waals surface area contributed by atoms with Gasteiger partial charge in [0.25, 0.3) is 0 Å². The molecule has 0 unspecified atom stereocenters. The van der Waals surface area contributed by atoms with E-state index in [4.69, 9.17) is 15.2 Å². The first kappa shape index (κ1) is 13.9. The van der Waals surface area contributed by atoms with Crippen LogP contribution < -0.4 is 20.5 Å². The molecule has 3 N–H and O–H groups in total. The van der Waals surface area contributed by atoms with E-state index in [9.17, 15) is 0 Å². The average molecular weight is 274 g/mol. The summed E-state index contributed by atoms with van der Waals surface area (Å²) < 4.78 is 11.1. The zero-order chi connectivity index (χ0) is 14.4. The van der Waals surface area contributed by atoms with E-state index in [1.54, 1.807) is 6.20 Å². The number of nitrogens with zero attached hydrogens (tertiary/aromatic N) is 2. The minimum absolute atomic E-state index is 0.355. The predicted molar refractivity (Wildman–Crippen MR) is 78.5 cm³/mol. The van der Waals surface area contributed by atoms with Crippen LogP contribution in [0.4, 0.5) is 17.3 Å². The first-order valence-electron chi connectivity index (χ1n) is 6.47. The molecule has 6 nitrogen and oxygen atoms in total. The van der Waals surface area contributed by atoms with Crippen molar-refractivity contribution in [2.24, 2.45) is 0 Å². The van der Waals surface area contributed by atoms with Crippen molar-refractivity contribution in [3.63, 3.8) is 0 Å². The number of ether oxygens (including phenoxy) is 2. The molecule has 0 saturated heterocycles. The van der Waals surface area contributed by atoms with E-state index in [-0.39, 0.29) is 0 Å². The van der Waals surface area contributed by atoms with Gasteiger partial charge in [-0.25, -0.2) is 4.98 Å². The normalized spacial score (nSPS) is 10.1. The fourth-order valence-corrected chi connectivity index (χ4v) is 1.72. The Bertz CT molecular complexity index is 575. The van der Waals surface area contributed by atoms with Gasteiger partial charge in [-0.2, -0.15) is 0 Å². The quantitative estimate of drug-likeness (QED) is 0.842. The second-order valence-corrected chi connectivity index (χ2v) is 3.98. The molecule has 0 aliphatic rings. The topological polar surface area (TPSA) is 82.3 Å². The molecule has 0 aliphatic heterocycles. The van der Waals surface area contributed by atoms with Crippen LogP contribution in [0.5, 0.6) is 11.5 Å². The monoisotopic (exact) mass is 274 g/mol. The highest BCUT2D eigenvalue weighted by Crippen LogP contribution is 2.31. The van der Waals surface area contributed by atoms with Crippen molar-refractivity contribution in [1.29, 1.82) is 0 Å². The van der Waals surface area contributed by atoms with Gasteiger partial charge in [-0.05, 0) is 26.0 Å². The SMILES string of the molecule is CCOc1ccc(OCC)c(Nc2cncc(N)n2)c1. The number of rotatable bonds is 6. The zero-order valence-corrected chi connectivity index (χ0v) is 11.6. The lowest BCUT2D eigenvalue weighted by atomic mass is 10.2. The van der Waals surface area contributed by atoms with Gasteiger partial charge in [-0.3, -0.25) is 4.98 Å². The molecule has 0 radical (unpaired) electrons. The number of benzene rings is 1. The summed E-state index contributed by atoms with van der Waals surface area (Å²) in [5, 5.41) is 3.14. The highest BCUT2D eigenvalue weighted by molar-refractivity contribution is 5.66. The maximum atomic E-state index is 5.62. The average Bonchev–Trinajstić information content (AvgIpc) is 2.42. The molecule has 2 aromatic rings. The van der Waals surface area contributed by atoms with Crippen molar-refractivity contribution in [3.05, 3.63) is 30.6 Å². The molecule has 1 aromatic heterocycles. The highest BCUT2D eigenvalue weighted by Gasteiger charge is 2.07. The number of hydrogen-bond acceptors (Lipinski definition) is 6. The fraction of sp³-hybridized carbons (Fsp3) is 0.286. The number of nitrogens with one attached hydrogen (secondary N) is 1. The Morgan fingerprint density at radius 1 is 1.15 bits per heavy atom. The third-order valence-electron chi connectivity index (χ3n) is 2.48. The number of nitrogens with two attached hydrogens (primary N) is 1. The van der Waals surface area contributed by atoms with Crippen molar-refractivity contribution >= 4 is 17.3 Å². The van der Waals surface area contributed by atoms with Crippen LogP contribution in [0.1, 0.15) is 13.8 Å². The standard InChI is InChI=1S/C14H18N4O2/c1-3-19-10-5-6-12(20-4-2)11(7-10)17-14-9-16-8-13(15)18-14/h5-9H,3-4H2,1-2H3,(H3,15,17,18). The van der Waals surface area contributed by atoms with Gasteiger partial charge >= 0.3 is 0 Å². The van der Waals surface area contributed by atoms with Gasteiger partial charge in [0, 0.05) is 6.07 Å². The lowest BCUT2D eigenvalue weighted by Crippen LogP contribution is -2.02. The summed E-state index contributed by atoms with van der Waals surface area (Å²) in [6, 6.07) is 5.58. The van der Waals surface area contributed by atoms with Crippen LogP contribution in [0.3, 0.4) is 0 Å². The van der Waals surface area contributed by atoms with Crippen molar-refractivity contribution in [1.82, 2.24) is 9.97 Å². The van der Waals surface area contributed by atoms with Crippen LogP contribution in [0, 0.1) is 0 Å². The number of anilines is 3. The van der Waals surface area contributed by atoms with Gasteiger partial charge in [0.05, 0.1) is 31.3 Å². The van der Waals surface area contributed by atoms with E-state index in [0.29, 0.717) is 24.8 Å². The summed E-state index contributed by atoms with van der Waals surface area (Å²) in [6.07, 6.45) is 3.09. The summed E-state index contributed by atoms with van der Waals surface area (Å²) >= 11 is 0. The summed E-state index contributed by atoms with van der Waals surface area (Å²) in [5.41, 5.74) is 6.38. The van der Waals surface area contributed by atoms with E-state index >= 15 is 0 Å². The predicted octanol–water partition coefficient (Wildman–Crippen LogP) is 2.60. The Morgan fingerprint density at radius 2 is 1.95 bits per heavy atom. The highest BCUT2D eigenvalue weighted by atomic mass is 16.5. The van der Waals surface area contributed by atoms with Gasteiger partial charge < -0.3 is 20.5 Å². The molecule has 0 spiro atoms. The summed E-state index contributed by atoms with van der Waals surface area (Å²) in [4.78, 5) is 8.15. The minimum atomic E-state index is 0.355. The van der Waals surface area contributed by atoms with E-state index in [0.717, 1.165) is 17.2 Å². The third kappa shape index (κ3) is 3.50. The Balaban J connectivity index is 2.29. The molecule has 2 rings (SSSR count). The van der Waals surface area contributed by atoms with Gasteiger partial charge in [-0.1, -0.05) is 0 Å². The van der Waals surface area contributed by atoms with Crippen molar-refractivity contribution in [2.75, 3.05) is 24.3 Å². The third-order valence-corrected chi connectivity index (χ3v) is 2.48. The maximum absolute atomic E-state index is 5.62. The Hall–Kier alpha value is -2.50. The molecular weight excluding hydrogens is 256 g/mol. The summed E-state index contributed by atoms with van der Waals surface area (Å²) in [6.45, 7) is 5.05. The van der Waals surface area contributed by atoms with Gasteiger partial charge in [-0.15, -0.1) is 0 Å². The molecule has 1 aromatic carbocycles. The van der Waals surface area contributed by atoms with Crippen LogP contribution in [0.15, 0.2) is 30.6 Å². The van der Waals surface area contributed by atoms with E-state index < -0.39 is 0 Å². The second kappa shape index (κ2) is 6.60. The smallest absolute Gasteiger partial charge is 0.151 e. The van der Waals surface area contributed by atoms with Crippen LogP contribution in [-0.4, -0.2) is 23.2 Å². The largest absolute Gasteiger partial charge is 0.494 e. The van der Waals surface area contributed by atoms with Crippen LogP contribution in [0.2, 0.25) is 0 Å². The molecule has 0 amide bonds. The van der Waals surface area contributed by atoms with Crippen molar-refractivity contribution in [3.8, 4) is 11.5 Å². The molecule has 0 fully saturated rings. The summed E-state index contributed by atoms with van der Waals surface area (Å²) in [7, 11) is 0. The lowest BCUT2D eigenvalue weighted by molar-refractivity contribution is 0.332. The minimum Gasteiger partial charge on any atom is -0.494 e. The Labute approximate surface area is 118 Å². The lowest BCUT2D eigenvalue weighted by Gasteiger charge is -2.13. The van der Waals surface area contributed by atoms with Crippen molar-refractivity contribution < 1.29 is 9.47 Å². The molecule has 0 bridgehead atoms. The Morgan fingerprint density at radius 3 is 2.65 bits per heavy atom. The van der Waals surface area contributed by atoms with Gasteiger partial charge in [0.1, 0.15) is 17.3 Å². The first-order chi connectivity index (χ1) is 9.72. The first-order valence-corrected chi connectivity index (χ1v) is 6.47. The Kier molecular flexibility index (Phi) is 4.60. The van der Waals surface area contributed by atoms with Gasteiger partial charge in [0.15, 0.2) is 5.82 Å². The zero-order valence-electron chi connectivity index (χ0n) is 11.6. The van der Waals surface area contributed by atoms with E-state index in [2.05, 4.69) is 15.3 Å². The molecule has 106 valence electrons.